The van der Waals surface area contributed by atoms with Crippen molar-refractivity contribution in [2.45, 2.75) is 19.4 Å². The summed E-state index contributed by atoms with van der Waals surface area (Å²) in [5.74, 6) is -0.856. The summed E-state index contributed by atoms with van der Waals surface area (Å²) in [5.41, 5.74) is 0.838. The second kappa shape index (κ2) is 7.95. The van der Waals surface area contributed by atoms with Gasteiger partial charge in [-0.05, 0) is 30.5 Å². The van der Waals surface area contributed by atoms with E-state index >= 15 is 0 Å². The van der Waals surface area contributed by atoms with Gasteiger partial charge in [0.25, 0.3) is 0 Å². The van der Waals surface area contributed by atoms with E-state index in [0.717, 1.165) is 11.8 Å². The van der Waals surface area contributed by atoms with E-state index < -0.39 is 15.9 Å². The average molecular weight is 415 g/mol. The van der Waals surface area contributed by atoms with Crippen molar-refractivity contribution in [2.75, 3.05) is 24.7 Å². The van der Waals surface area contributed by atoms with Crippen molar-refractivity contribution < 1.29 is 17.6 Å². The van der Waals surface area contributed by atoms with Crippen LogP contribution in [0.3, 0.4) is 0 Å². The van der Waals surface area contributed by atoms with Crippen LogP contribution in [-0.4, -0.2) is 47.8 Å². The van der Waals surface area contributed by atoms with Crippen LogP contribution in [0.5, 0.6) is 0 Å². The highest BCUT2D eigenvalue weighted by atomic mass is 35.5. The summed E-state index contributed by atoms with van der Waals surface area (Å²) in [6, 6.07) is 6.01. The van der Waals surface area contributed by atoms with Gasteiger partial charge in [-0.25, -0.2) is 17.1 Å². The Bertz CT molecular complexity index is 930. The normalized spacial score (nSPS) is 18.4. The fourth-order valence-corrected chi connectivity index (χ4v) is 4.13. The Morgan fingerprint density at radius 2 is 2.07 bits per heavy atom. The number of nitrogens with one attached hydrogen (secondary N) is 1. The zero-order valence-electron chi connectivity index (χ0n) is 14.7. The molecule has 2 aromatic rings. The molecule has 1 aliphatic heterocycles. The number of hydrogen-bond donors (Lipinski definition) is 1. The van der Waals surface area contributed by atoms with Gasteiger partial charge in [-0.3, -0.25) is 9.48 Å². The Morgan fingerprint density at radius 3 is 2.74 bits per heavy atom. The first-order chi connectivity index (χ1) is 12.7. The van der Waals surface area contributed by atoms with Gasteiger partial charge in [0, 0.05) is 19.3 Å². The second-order valence-electron chi connectivity index (χ2n) is 6.60. The van der Waals surface area contributed by atoms with Gasteiger partial charge in [-0.1, -0.05) is 23.7 Å². The molecule has 0 spiro atoms. The molecule has 3 rings (SSSR count). The first kappa shape index (κ1) is 19.8. The lowest BCUT2D eigenvalue weighted by atomic mass is 9.99. The van der Waals surface area contributed by atoms with Crippen molar-refractivity contribution >= 4 is 33.3 Å². The van der Waals surface area contributed by atoms with Crippen LogP contribution in [0.1, 0.15) is 18.4 Å². The lowest BCUT2D eigenvalue weighted by Crippen LogP contribution is -2.43. The van der Waals surface area contributed by atoms with Gasteiger partial charge >= 0.3 is 0 Å². The Hall–Kier alpha value is -1.97. The Kier molecular flexibility index (Phi) is 5.83. The van der Waals surface area contributed by atoms with Crippen molar-refractivity contribution in [3.63, 3.8) is 0 Å². The third kappa shape index (κ3) is 5.06. The SMILES string of the molecule is CS(=O)(=O)N1CCC[C@@H](C(=O)Nc2nn(Cc3ccc(F)cc3)cc2Cl)C1. The van der Waals surface area contributed by atoms with Crippen molar-refractivity contribution in [3.8, 4) is 0 Å². The lowest BCUT2D eigenvalue weighted by molar-refractivity contribution is -0.120. The number of carbonyl (C=O) groups is 1. The summed E-state index contributed by atoms with van der Waals surface area (Å²) in [6.07, 6.45) is 3.94. The number of anilines is 1. The van der Waals surface area contributed by atoms with Gasteiger partial charge in [0.05, 0.1) is 18.7 Å². The van der Waals surface area contributed by atoms with Gasteiger partial charge in [0.15, 0.2) is 5.82 Å². The number of rotatable bonds is 5. The molecule has 1 aromatic heterocycles. The molecule has 1 N–H and O–H groups in total. The van der Waals surface area contributed by atoms with E-state index in [1.54, 1.807) is 23.0 Å². The molecule has 7 nitrogen and oxygen atoms in total. The third-order valence-corrected chi connectivity index (χ3v) is 5.99. The van der Waals surface area contributed by atoms with E-state index in [-0.39, 0.29) is 29.1 Å². The zero-order chi connectivity index (χ0) is 19.6. The topological polar surface area (TPSA) is 84.3 Å². The number of carbonyl (C=O) groups excluding carboxylic acids is 1. The third-order valence-electron chi connectivity index (χ3n) is 4.44. The number of sulfonamides is 1. The van der Waals surface area contributed by atoms with Crippen molar-refractivity contribution in [1.82, 2.24) is 14.1 Å². The highest BCUT2D eigenvalue weighted by Gasteiger charge is 2.30. The standard InChI is InChI=1S/C17H20ClFN4O3S/c1-27(25,26)23-8-2-3-13(10-23)17(24)20-16-15(18)11-22(21-16)9-12-4-6-14(19)7-5-12/h4-7,11,13H,2-3,8-10H2,1H3,(H,20,21,24)/t13-/m1/s1. The zero-order valence-corrected chi connectivity index (χ0v) is 16.3. The summed E-state index contributed by atoms with van der Waals surface area (Å²) in [7, 11) is -3.33. The molecule has 1 saturated heterocycles. The van der Waals surface area contributed by atoms with Gasteiger partial charge in [0.1, 0.15) is 10.8 Å². The number of halogens is 2. The first-order valence-electron chi connectivity index (χ1n) is 8.46. The minimum Gasteiger partial charge on any atom is -0.308 e. The maximum Gasteiger partial charge on any atom is 0.230 e. The summed E-state index contributed by atoms with van der Waals surface area (Å²) in [6.45, 7) is 0.954. The highest BCUT2D eigenvalue weighted by Crippen LogP contribution is 2.24. The molecule has 27 heavy (non-hydrogen) atoms. The van der Waals surface area contributed by atoms with Gasteiger partial charge in [-0.15, -0.1) is 0 Å². The molecule has 1 aromatic carbocycles. The van der Waals surface area contributed by atoms with Crippen LogP contribution in [0.2, 0.25) is 5.02 Å². The lowest BCUT2D eigenvalue weighted by Gasteiger charge is -2.29. The molecule has 1 aliphatic rings. The second-order valence-corrected chi connectivity index (χ2v) is 8.99. The van der Waals surface area contributed by atoms with Crippen LogP contribution >= 0.6 is 11.6 Å². The fourth-order valence-electron chi connectivity index (χ4n) is 3.02. The monoisotopic (exact) mass is 414 g/mol. The number of amides is 1. The molecular formula is C17H20ClFN4O3S. The molecule has 146 valence electrons. The molecule has 0 aliphatic carbocycles. The minimum absolute atomic E-state index is 0.151. The summed E-state index contributed by atoms with van der Waals surface area (Å²) in [5, 5.41) is 7.22. The van der Waals surface area contributed by atoms with Gasteiger partial charge < -0.3 is 5.32 Å². The number of benzene rings is 1. The maximum atomic E-state index is 13.0. The van der Waals surface area contributed by atoms with Crippen LogP contribution < -0.4 is 5.32 Å². The van der Waals surface area contributed by atoms with E-state index in [2.05, 4.69) is 10.4 Å². The number of nitrogens with zero attached hydrogens (tertiary/aromatic N) is 3. The summed E-state index contributed by atoms with van der Waals surface area (Å²) >= 11 is 6.16. The summed E-state index contributed by atoms with van der Waals surface area (Å²) in [4.78, 5) is 12.5. The maximum absolute atomic E-state index is 13.0. The van der Waals surface area contributed by atoms with Crippen LogP contribution in [-0.2, 0) is 21.4 Å². The Labute approximate surface area is 162 Å². The summed E-state index contributed by atoms with van der Waals surface area (Å²) < 4.78 is 39.2. The van der Waals surface area contributed by atoms with E-state index in [1.807, 2.05) is 0 Å². The fraction of sp³-hybridized carbons (Fsp3) is 0.412. The van der Waals surface area contributed by atoms with Crippen LogP contribution in [0, 0.1) is 11.7 Å². The van der Waals surface area contributed by atoms with Gasteiger partial charge in [0.2, 0.25) is 15.9 Å². The minimum atomic E-state index is -3.33. The van der Waals surface area contributed by atoms with Crippen molar-refractivity contribution in [3.05, 3.63) is 46.9 Å². The molecule has 10 heteroatoms. The molecule has 0 unspecified atom stereocenters. The Balaban J connectivity index is 1.66. The van der Waals surface area contributed by atoms with E-state index in [1.165, 1.54) is 16.4 Å². The molecule has 1 atom stereocenters. The predicted octanol–water partition coefficient (Wildman–Crippen LogP) is 2.33. The van der Waals surface area contributed by atoms with Gasteiger partial charge in [-0.2, -0.15) is 5.10 Å². The predicted molar refractivity (Wildman–Crippen MR) is 101 cm³/mol. The number of hydrogen-bond acceptors (Lipinski definition) is 4. The molecule has 1 amide bonds. The molecule has 2 heterocycles. The largest absolute Gasteiger partial charge is 0.308 e. The van der Waals surface area contributed by atoms with Crippen LogP contribution in [0.15, 0.2) is 30.5 Å². The molecule has 1 fully saturated rings. The van der Waals surface area contributed by atoms with Crippen molar-refractivity contribution in [2.24, 2.45) is 5.92 Å². The number of piperidine rings is 1. The van der Waals surface area contributed by atoms with Crippen molar-refractivity contribution in [1.29, 1.82) is 0 Å². The molecule has 0 radical (unpaired) electrons. The van der Waals surface area contributed by atoms with E-state index in [9.17, 15) is 17.6 Å². The van der Waals surface area contributed by atoms with Crippen LogP contribution in [0.25, 0.3) is 0 Å². The Morgan fingerprint density at radius 1 is 1.37 bits per heavy atom. The first-order valence-corrected chi connectivity index (χ1v) is 10.7. The van der Waals surface area contributed by atoms with E-state index in [0.29, 0.717) is 25.9 Å². The average Bonchev–Trinajstić information content (AvgIpc) is 2.95. The van der Waals surface area contributed by atoms with Crippen LogP contribution in [0.4, 0.5) is 10.2 Å². The highest BCUT2D eigenvalue weighted by molar-refractivity contribution is 7.88. The quantitative estimate of drug-likeness (QED) is 0.813. The molecular weight excluding hydrogens is 395 g/mol. The molecule has 0 bridgehead atoms. The number of aromatic nitrogens is 2. The molecule has 0 saturated carbocycles. The van der Waals surface area contributed by atoms with E-state index in [4.69, 9.17) is 11.6 Å². The smallest absolute Gasteiger partial charge is 0.230 e.